The van der Waals surface area contributed by atoms with E-state index in [1.807, 2.05) is 29.1 Å². The number of H-pyrrole nitrogens is 2. The van der Waals surface area contributed by atoms with Gasteiger partial charge < -0.3 is 4.57 Å². The highest BCUT2D eigenvalue weighted by molar-refractivity contribution is 5.50. The van der Waals surface area contributed by atoms with Crippen molar-refractivity contribution in [2.45, 2.75) is 19.9 Å². The minimum absolute atomic E-state index is 0.313. The van der Waals surface area contributed by atoms with Crippen LogP contribution in [0.5, 0.6) is 0 Å². The summed E-state index contributed by atoms with van der Waals surface area (Å²) in [5, 5.41) is 6.24. The van der Waals surface area contributed by atoms with Crippen LogP contribution >= 0.6 is 0 Å². The Hall–Kier alpha value is -2.70. The van der Waals surface area contributed by atoms with Crippen LogP contribution in [-0.4, -0.2) is 29.7 Å². The minimum atomic E-state index is -0.313. The standard InChI is InChI=1S/C13H14N6O/c1-2-9-3-4-10(15-7-9)12-14-5-6-19(12)8-11-16-13(20)18-17-11/h3-7H,2,8H2,1H3,(H2,16,17,18,20). The molecule has 3 heterocycles. The zero-order valence-electron chi connectivity index (χ0n) is 11.0. The van der Waals surface area contributed by atoms with E-state index in [2.05, 4.69) is 32.1 Å². The van der Waals surface area contributed by atoms with E-state index in [9.17, 15) is 4.79 Å². The number of imidazole rings is 1. The van der Waals surface area contributed by atoms with Gasteiger partial charge in [-0.15, -0.1) is 0 Å². The maximum atomic E-state index is 11.0. The van der Waals surface area contributed by atoms with Gasteiger partial charge in [0, 0.05) is 18.6 Å². The quantitative estimate of drug-likeness (QED) is 0.738. The van der Waals surface area contributed by atoms with Crippen molar-refractivity contribution < 1.29 is 0 Å². The monoisotopic (exact) mass is 270 g/mol. The zero-order chi connectivity index (χ0) is 13.9. The molecular formula is C13H14N6O. The summed E-state index contributed by atoms with van der Waals surface area (Å²) in [6.07, 6.45) is 6.34. The van der Waals surface area contributed by atoms with Crippen molar-refractivity contribution in [3.63, 3.8) is 0 Å². The number of aryl methyl sites for hydroxylation is 1. The van der Waals surface area contributed by atoms with Gasteiger partial charge in [-0.25, -0.2) is 14.9 Å². The third-order valence-corrected chi connectivity index (χ3v) is 3.05. The molecule has 0 aliphatic heterocycles. The Morgan fingerprint density at radius 1 is 1.30 bits per heavy atom. The lowest BCUT2D eigenvalue weighted by molar-refractivity contribution is 0.752. The van der Waals surface area contributed by atoms with Crippen molar-refractivity contribution in [2.75, 3.05) is 0 Å². The first kappa shape index (κ1) is 12.3. The molecule has 7 nitrogen and oxygen atoms in total. The second-order valence-electron chi connectivity index (χ2n) is 4.41. The van der Waals surface area contributed by atoms with Gasteiger partial charge in [0.1, 0.15) is 5.69 Å². The van der Waals surface area contributed by atoms with E-state index in [1.54, 1.807) is 6.20 Å². The molecule has 0 aliphatic carbocycles. The van der Waals surface area contributed by atoms with E-state index >= 15 is 0 Å². The number of aromatic amines is 2. The van der Waals surface area contributed by atoms with E-state index in [1.165, 1.54) is 5.56 Å². The Morgan fingerprint density at radius 3 is 2.85 bits per heavy atom. The number of hydrogen-bond donors (Lipinski definition) is 2. The van der Waals surface area contributed by atoms with Gasteiger partial charge >= 0.3 is 5.69 Å². The first-order chi connectivity index (χ1) is 9.76. The lowest BCUT2D eigenvalue weighted by atomic mass is 10.2. The number of rotatable bonds is 4. The van der Waals surface area contributed by atoms with Crippen LogP contribution in [0.4, 0.5) is 0 Å². The van der Waals surface area contributed by atoms with Gasteiger partial charge in [-0.05, 0) is 18.1 Å². The average Bonchev–Trinajstić information content (AvgIpc) is 3.09. The van der Waals surface area contributed by atoms with E-state index in [4.69, 9.17) is 0 Å². The number of hydrogen-bond acceptors (Lipinski definition) is 4. The first-order valence-corrected chi connectivity index (χ1v) is 6.36. The van der Waals surface area contributed by atoms with Crippen molar-refractivity contribution >= 4 is 0 Å². The highest BCUT2D eigenvalue weighted by atomic mass is 16.1. The summed E-state index contributed by atoms with van der Waals surface area (Å²) in [5.41, 5.74) is 1.67. The molecule has 0 saturated carbocycles. The number of nitrogens with one attached hydrogen (secondary N) is 2. The highest BCUT2D eigenvalue weighted by Gasteiger charge is 2.09. The number of pyridine rings is 1. The second-order valence-corrected chi connectivity index (χ2v) is 4.41. The topological polar surface area (TPSA) is 92.2 Å². The van der Waals surface area contributed by atoms with Gasteiger partial charge in [-0.2, -0.15) is 5.10 Å². The van der Waals surface area contributed by atoms with Crippen LogP contribution in [-0.2, 0) is 13.0 Å². The third kappa shape index (κ3) is 2.37. The number of aromatic nitrogens is 6. The molecule has 0 unspecified atom stereocenters. The molecule has 0 fully saturated rings. The van der Waals surface area contributed by atoms with Crippen molar-refractivity contribution in [3.8, 4) is 11.5 Å². The van der Waals surface area contributed by atoms with Crippen molar-refractivity contribution in [3.05, 3.63) is 52.6 Å². The lowest BCUT2D eigenvalue weighted by Crippen LogP contribution is -2.05. The van der Waals surface area contributed by atoms with Gasteiger partial charge in [-0.1, -0.05) is 13.0 Å². The van der Waals surface area contributed by atoms with E-state index in [0.717, 1.165) is 17.9 Å². The van der Waals surface area contributed by atoms with Gasteiger partial charge in [0.25, 0.3) is 0 Å². The maximum absolute atomic E-state index is 11.0. The second kappa shape index (κ2) is 5.12. The van der Waals surface area contributed by atoms with Gasteiger partial charge in [0.05, 0.1) is 6.54 Å². The molecule has 3 aromatic heterocycles. The normalized spacial score (nSPS) is 10.8. The highest BCUT2D eigenvalue weighted by Crippen LogP contribution is 2.15. The van der Waals surface area contributed by atoms with Crippen LogP contribution in [0, 0.1) is 0 Å². The molecule has 0 bridgehead atoms. The Labute approximate surface area is 114 Å². The van der Waals surface area contributed by atoms with Crippen LogP contribution in [0.15, 0.2) is 35.5 Å². The van der Waals surface area contributed by atoms with Crippen molar-refractivity contribution in [1.82, 2.24) is 29.7 Å². The molecule has 20 heavy (non-hydrogen) atoms. The van der Waals surface area contributed by atoms with Gasteiger partial charge in [0.15, 0.2) is 11.6 Å². The molecule has 0 amide bonds. The molecule has 0 radical (unpaired) electrons. The van der Waals surface area contributed by atoms with Crippen LogP contribution in [0.2, 0.25) is 0 Å². The summed E-state index contributed by atoms with van der Waals surface area (Å²) in [6.45, 7) is 2.52. The van der Waals surface area contributed by atoms with Crippen LogP contribution < -0.4 is 5.69 Å². The molecule has 0 atom stereocenters. The molecule has 102 valence electrons. The van der Waals surface area contributed by atoms with Crippen molar-refractivity contribution in [2.24, 2.45) is 0 Å². The average molecular weight is 270 g/mol. The fourth-order valence-corrected chi connectivity index (χ4v) is 1.98. The SMILES string of the molecule is CCc1ccc(-c2nccn2Cc2n[nH]c(=O)[nH]2)nc1. The summed E-state index contributed by atoms with van der Waals surface area (Å²) in [5.74, 6) is 1.30. The molecule has 0 spiro atoms. The maximum Gasteiger partial charge on any atom is 0.340 e. The van der Waals surface area contributed by atoms with Gasteiger partial charge in [-0.3, -0.25) is 9.97 Å². The zero-order valence-corrected chi connectivity index (χ0v) is 11.0. The molecule has 7 heteroatoms. The molecular weight excluding hydrogens is 256 g/mol. The smallest absolute Gasteiger partial charge is 0.322 e. The Morgan fingerprint density at radius 2 is 2.20 bits per heavy atom. The fourth-order valence-electron chi connectivity index (χ4n) is 1.98. The van der Waals surface area contributed by atoms with E-state index < -0.39 is 0 Å². The molecule has 0 aromatic carbocycles. The van der Waals surface area contributed by atoms with E-state index in [-0.39, 0.29) is 5.69 Å². The van der Waals surface area contributed by atoms with E-state index in [0.29, 0.717) is 12.4 Å². The van der Waals surface area contributed by atoms with Crippen LogP contribution in [0.1, 0.15) is 18.3 Å². The first-order valence-electron chi connectivity index (χ1n) is 6.36. The Balaban J connectivity index is 1.90. The summed E-state index contributed by atoms with van der Waals surface area (Å²) >= 11 is 0. The minimum Gasteiger partial charge on any atom is -0.322 e. The summed E-state index contributed by atoms with van der Waals surface area (Å²) in [7, 11) is 0. The Bertz CT molecular complexity index is 752. The molecule has 0 saturated heterocycles. The predicted octanol–water partition coefficient (Wildman–Crippen LogP) is 0.967. The summed E-state index contributed by atoms with van der Waals surface area (Å²) < 4.78 is 1.89. The molecule has 3 aromatic rings. The predicted molar refractivity (Wildman–Crippen MR) is 73.1 cm³/mol. The summed E-state index contributed by atoms with van der Waals surface area (Å²) in [4.78, 5) is 22.4. The largest absolute Gasteiger partial charge is 0.340 e. The molecule has 2 N–H and O–H groups in total. The van der Waals surface area contributed by atoms with Crippen LogP contribution in [0.3, 0.4) is 0 Å². The lowest BCUT2D eigenvalue weighted by Gasteiger charge is -2.05. The van der Waals surface area contributed by atoms with Crippen molar-refractivity contribution in [1.29, 1.82) is 0 Å². The Kier molecular flexibility index (Phi) is 3.16. The summed E-state index contributed by atoms with van der Waals surface area (Å²) in [6, 6.07) is 3.99. The number of nitrogens with zero attached hydrogens (tertiary/aromatic N) is 4. The van der Waals surface area contributed by atoms with Gasteiger partial charge in [0.2, 0.25) is 0 Å². The molecule has 0 aliphatic rings. The fraction of sp³-hybridized carbons (Fsp3) is 0.231. The van der Waals surface area contributed by atoms with Crippen LogP contribution in [0.25, 0.3) is 11.5 Å². The third-order valence-electron chi connectivity index (χ3n) is 3.05. The molecule has 3 rings (SSSR count).